The van der Waals surface area contributed by atoms with Gasteiger partial charge in [-0.25, -0.2) is 0 Å². The van der Waals surface area contributed by atoms with Gasteiger partial charge in [0, 0.05) is 30.9 Å². The zero-order valence-corrected chi connectivity index (χ0v) is 22.4. The Labute approximate surface area is 224 Å². The number of amides is 3. The van der Waals surface area contributed by atoms with Gasteiger partial charge in [0.1, 0.15) is 5.75 Å². The third-order valence-electron chi connectivity index (χ3n) is 6.63. The van der Waals surface area contributed by atoms with Crippen molar-refractivity contribution in [3.05, 3.63) is 89.0 Å². The summed E-state index contributed by atoms with van der Waals surface area (Å²) in [4.78, 5) is 39.3. The SMILES string of the molecule is Cc1cc(C)cc(NC(=O)COc2ccc(N3C[C@@H](C(=O)NCc4ccc(C(C)C)cc4)CC3=O)cc2)c1. The van der Waals surface area contributed by atoms with Gasteiger partial charge in [0.05, 0.1) is 5.92 Å². The van der Waals surface area contributed by atoms with Crippen molar-refractivity contribution in [2.75, 3.05) is 23.4 Å². The van der Waals surface area contributed by atoms with Crippen molar-refractivity contribution in [3.63, 3.8) is 0 Å². The molecule has 3 aromatic carbocycles. The van der Waals surface area contributed by atoms with Crippen LogP contribution in [0.3, 0.4) is 0 Å². The molecular weight excluding hydrogens is 478 g/mol. The number of hydrogen-bond acceptors (Lipinski definition) is 4. The van der Waals surface area contributed by atoms with Crippen LogP contribution in [0, 0.1) is 19.8 Å². The lowest BCUT2D eigenvalue weighted by Gasteiger charge is -2.17. The molecule has 3 amide bonds. The lowest BCUT2D eigenvalue weighted by Crippen LogP contribution is -2.32. The summed E-state index contributed by atoms with van der Waals surface area (Å²) >= 11 is 0. The highest BCUT2D eigenvalue weighted by Gasteiger charge is 2.35. The summed E-state index contributed by atoms with van der Waals surface area (Å²) in [6.45, 7) is 8.89. The minimum Gasteiger partial charge on any atom is -0.484 e. The lowest BCUT2D eigenvalue weighted by molar-refractivity contribution is -0.126. The van der Waals surface area contributed by atoms with Crippen LogP contribution in [0.1, 0.15) is 48.4 Å². The van der Waals surface area contributed by atoms with Gasteiger partial charge in [-0.2, -0.15) is 0 Å². The van der Waals surface area contributed by atoms with E-state index in [1.807, 2.05) is 44.2 Å². The van der Waals surface area contributed by atoms with E-state index in [0.717, 1.165) is 22.4 Å². The van der Waals surface area contributed by atoms with E-state index in [2.05, 4.69) is 36.6 Å². The van der Waals surface area contributed by atoms with Gasteiger partial charge >= 0.3 is 0 Å². The molecular formula is C31H35N3O4. The molecule has 0 aliphatic carbocycles. The quantitative estimate of drug-likeness (QED) is 0.416. The van der Waals surface area contributed by atoms with E-state index in [0.29, 0.717) is 30.4 Å². The Hall–Kier alpha value is -4.13. The van der Waals surface area contributed by atoms with E-state index >= 15 is 0 Å². The summed E-state index contributed by atoms with van der Waals surface area (Å²) in [5.41, 5.74) is 5.87. The maximum Gasteiger partial charge on any atom is 0.262 e. The fourth-order valence-electron chi connectivity index (χ4n) is 4.60. The van der Waals surface area contributed by atoms with Crippen LogP contribution in [0.15, 0.2) is 66.7 Å². The zero-order valence-electron chi connectivity index (χ0n) is 22.4. The van der Waals surface area contributed by atoms with Gasteiger partial charge < -0.3 is 20.3 Å². The first kappa shape index (κ1) is 26.9. The van der Waals surface area contributed by atoms with E-state index in [1.165, 1.54) is 5.56 Å². The molecule has 1 aliphatic rings. The average molecular weight is 514 g/mol. The van der Waals surface area contributed by atoms with Gasteiger partial charge in [-0.1, -0.05) is 44.2 Å². The Balaban J connectivity index is 1.26. The van der Waals surface area contributed by atoms with Crippen LogP contribution < -0.4 is 20.3 Å². The van der Waals surface area contributed by atoms with Gasteiger partial charge in [0.25, 0.3) is 5.91 Å². The monoisotopic (exact) mass is 513 g/mol. The molecule has 1 atom stereocenters. The van der Waals surface area contributed by atoms with Crippen LogP contribution in [0.5, 0.6) is 5.75 Å². The smallest absolute Gasteiger partial charge is 0.262 e. The highest BCUT2D eigenvalue weighted by atomic mass is 16.5. The third-order valence-corrected chi connectivity index (χ3v) is 6.63. The van der Waals surface area contributed by atoms with Gasteiger partial charge in [-0.05, 0) is 78.4 Å². The van der Waals surface area contributed by atoms with Crippen molar-refractivity contribution in [2.45, 2.75) is 46.6 Å². The molecule has 198 valence electrons. The number of anilines is 2. The number of carbonyl (C=O) groups excluding carboxylic acids is 3. The second-order valence-corrected chi connectivity index (χ2v) is 10.2. The van der Waals surface area contributed by atoms with Gasteiger partial charge in [0.15, 0.2) is 6.61 Å². The summed E-state index contributed by atoms with van der Waals surface area (Å²) in [5.74, 6) is 0.119. The number of nitrogens with one attached hydrogen (secondary N) is 2. The third kappa shape index (κ3) is 7.00. The lowest BCUT2D eigenvalue weighted by atomic mass is 10.0. The van der Waals surface area contributed by atoms with Crippen molar-refractivity contribution in [3.8, 4) is 5.75 Å². The van der Waals surface area contributed by atoms with Crippen LogP contribution >= 0.6 is 0 Å². The highest BCUT2D eigenvalue weighted by Crippen LogP contribution is 2.27. The molecule has 38 heavy (non-hydrogen) atoms. The molecule has 1 heterocycles. The number of nitrogens with zero attached hydrogens (tertiary/aromatic N) is 1. The molecule has 0 unspecified atom stereocenters. The van der Waals surface area contributed by atoms with Crippen LogP contribution in [-0.4, -0.2) is 30.9 Å². The molecule has 0 saturated carbocycles. The van der Waals surface area contributed by atoms with Crippen molar-refractivity contribution in [2.24, 2.45) is 5.92 Å². The topological polar surface area (TPSA) is 87.7 Å². The second-order valence-electron chi connectivity index (χ2n) is 10.2. The van der Waals surface area contributed by atoms with E-state index in [-0.39, 0.29) is 30.7 Å². The first-order valence-electron chi connectivity index (χ1n) is 13.0. The maximum atomic E-state index is 12.7. The highest BCUT2D eigenvalue weighted by molar-refractivity contribution is 6.00. The summed E-state index contributed by atoms with van der Waals surface area (Å²) < 4.78 is 5.62. The first-order chi connectivity index (χ1) is 18.2. The normalized spacial score (nSPS) is 15.0. The van der Waals surface area contributed by atoms with Crippen molar-refractivity contribution in [1.29, 1.82) is 0 Å². The number of carbonyl (C=O) groups is 3. The Morgan fingerprint density at radius 3 is 2.26 bits per heavy atom. The van der Waals surface area contributed by atoms with Gasteiger partial charge in [-0.15, -0.1) is 0 Å². The molecule has 2 N–H and O–H groups in total. The van der Waals surface area contributed by atoms with Gasteiger partial charge in [-0.3, -0.25) is 14.4 Å². The fraction of sp³-hybridized carbons (Fsp3) is 0.323. The van der Waals surface area contributed by atoms with Crippen LogP contribution in [0.4, 0.5) is 11.4 Å². The summed E-state index contributed by atoms with van der Waals surface area (Å²) in [5, 5.41) is 5.81. The molecule has 1 fully saturated rings. The zero-order chi connectivity index (χ0) is 27.2. The number of hydrogen-bond donors (Lipinski definition) is 2. The molecule has 0 aromatic heterocycles. The van der Waals surface area contributed by atoms with Crippen molar-refractivity contribution < 1.29 is 19.1 Å². The molecule has 3 aromatic rings. The van der Waals surface area contributed by atoms with Crippen LogP contribution in [-0.2, 0) is 20.9 Å². The Kier molecular flexibility index (Phi) is 8.46. The Bertz CT molecular complexity index is 1280. The van der Waals surface area contributed by atoms with E-state index in [9.17, 15) is 14.4 Å². The van der Waals surface area contributed by atoms with Crippen LogP contribution in [0.25, 0.3) is 0 Å². The summed E-state index contributed by atoms with van der Waals surface area (Å²) in [7, 11) is 0. The largest absolute Gasteiger partial charge is 0.484 e. The molecule has 1 saturated heterocycles. The number of rotatable bonds is 9. The Morgan fingerprint density at radius 2 is 1.63 bits per heavy atom. The van der Waals surface area contributed by atoms with Crippen molar-refractivity contribution in [1.82, 2.24) is 5.32 Å². The number of ether oxygens (including phenoxy) is 1. The van der Waals surface area contributed by atoms with Gasteiger partial charge in [0.2, 0.25) is 11.8 Å². The molecule has 1 aliphatic heterocycles. The van der Waals surface area contributed by atoms with E-state index < -0.39 is 5.92 Å². The molecule has 4 rings (SSSR count). The predicted octanol–water partition coefficient (Wildman–Crippen LogP) is 5.11. The average Bonchev–Trinajstić information content (AvgIpc) is 3.27. The molecule has 0 spiro atoms. The minimum atomic E-state index is -0.401. The predicted molar refractivity (Wildman–Crippen MR) is 149 cm³/mol. The summed E-state index contributed by atoms with van der Waals surface area (Å²) in [6, 6.07) is 21.1. The van der Waals surface area contributed by atoms with E-state index in [1.54, 1.807) is 29.2 Å². The van der Waals surface area contributed by atoms with Crippen LogP contribution in [0.2, 0.25) is 0 Å². The number of benzene rings is 3. The Morgan fingerprint density at radius 1 is 0.974 bits per heavy atom. The molecule has 7 nitrogen and oxygen atoms in total. The standard InChI is InChI=1S/C31H35N3O4/c1-20(2)24-7-5-23(6-8-24)17-32-31(37)25-16-30(36)34(18-25)27-9-11-28(12-10-27)38-19-29(35)33-26-14-21(3)13-22(4)15-26/h5-15,20,25H,16-19H2,1-4H3,(H,32,37)(H,33,35)/t25-/m0/s1. The molecule has 0 bridgehead atoms. The fourth-order valence-corrected chi connectivity index (χ4v) is 4.60. The maximum absolute atomic E-state index is 12.7. The van der Waals surface area contributed by atoms with Crippen molar-refractivity contribution >= 4 is 29.1 Å². The van der Waals surface area contributed by atoms with E-state index in [4.69, 9.17) is 4.74 Å². The molecule has 7 heteroatoms. The summed E-state index contributed by atoms with van der Waals surface area (Å²) in [6.07, 6.45) is 0.176. The second kappa shape index (κ2) is 11.9. The number of aryl methyl sites for hydroxylation is 2. The minimum absolute atomic E-state index is 0.0899. The molecule has 0 radical (unpaired) electrons. The first-order valence-corrected chi connectivity index (χ1v) is 13.0.